The molecule has 0 radical (unpaired) electrons. The number of nitrogens with zero attached hydrogens (tertiary/aromatic N) is 3. The first-order valence-corrected chi connectivity index (χ1v) is 8.01. The minimum Gasteiger partial charge on any atom is -0.467 e. The summed E-state index contributed by atoms with van der Waals surface area (Å²) in [6, 6.07) is 4.06. The number of nitrogens with one attached hydrogen (secondary N) is 1. The van der Waals surface area contributed by atoms with Gasteiger partial charge in [0.05, 0.1) is 18.1 Å². The smallest absolute Gasteiger partial charge is 0.231 e. The Labute approximate surface area is 127 Å². The van der Waals surface area contributed by atoms with E-state index in [1.54, 1.807) is 6.26 Å². The van der Waals surface area contributed by atoms with Crippen LogP contribution in [0.5, 0.6) is 0 Å². The molecule has 1 amide bonds. The average Bonchev–Trinajstić information content (AvgIpc) is 3.01. The van der Waals surface area contributed by atoms with Crippen LogP contribution in [0.2, 0.25) is 0 Å². The molecule has 0 saturated heterocycles. The maximum atomic E-state index is 12.0. The van der Waals surface area contributed by atoms with Crippen LogP contribution in [0.1, 0.15) is 43.4 Å². The van der Waals surface area contributed by atoms with Crippen molar-refractivity contribution in [1.29, 1.82) is 0 Å². The lowest BCUT2D eigenvalue weighted by atomic mass is 10.2. The van der Waals surface area contributed by atoms with Gasteiger partial charge in [-0.15, -0.1) is 10.2 Å². The molecular formula is C14H18N4O2S. The lowest BCUT2D eigenvalue weighted by molar-refractivity contribution is -0.119. The van der Waals surface area contributed by atoms with Gasteiger partial charge in [0.15, 0.2) is 5.16 Å². The highest BCUT2D eigenvalue weighted by Gasteiger charge is 2.28. The normalized spacial score (nSPS) is 15.9. The van der Waals surface area contributed by atoms with Crippen molar-refractivity contribution in [3.8, 4) is 0 Å². The number of aryl methyl sites for hydroxylation is 1. The molecular weight excluding hydrogens is 288 g/mol. The van der Waals surface area contributed by atoms with Crippen LogP contribution in [0.4, 0.5) is 0 Å². The van der Waals surface area contributed by atoms with Crippen molar-refractivity contribution >= 4 is 17.7 Å². The molecule has 112 valence electrons. The Hall–Kier alpha value is -1.76. The molecule has 2 aromatic rings. The van der Waals surface area contributed by atoms with Crippen molar-refractivity contribution in [2.75, 3.05) is 5.75 Å². The van der Waals surface area contributed by atoms with E-state index >= 15 is 0 Å². The first-order chi connectivity index (χ1) is 10.1. The number of rotatable bonds is 6. The fourth-order valence-corrected chi connectivity index (χ4v) is 3.09. The van der Waals surface area contributed by atoms with Crippen molar-refractivity contribution < 1.29 is 9.21 Å². The molecule has 3 rings (SSSR count). The summed E-state index contributed by atoms with van der Waals surface area (Å²) in [6.45, 7) is 3.85. The SMILES string of the molecule is Cc1nnc(SCC(=O)NC(C)c2ccco2)n1C1CC1. The molecule has 7 heteroatoms. The number of aromatic nitrogens is 3. The summed E-state index contributed by atoms with van der Waals surface area (Å²) in [6.07, 6.45) is 3.95. The Bertz CT molecular complexity index is 619. The van der Waals surface area contributed by atoms with Gasteiger partial charge in [0.1, 0.15) is 11.6 Å². The van der Waals surface area contributed by atoms with E-state index in [2.05, 4.69) is 20.1 Å². The molecule has 1 aliphatic carbocycles. The van der Waals surface area contributed by atoms with Crippen LogP contribution in [0.25, 0.3) is 0 Å². The number of amides is 1. The van der Waals surface area contributed by atoms with Gasteiger partial charge < -0.3 is 14.3 Å². The summed E-state index contributed by atoms with van der Waals surface area (Å²) in [7, 11) is 0. The van der Waals surface area contributed by atoms with Gasteiger partial charge in [-0.1, -0.05) is 11.8 Å². The third-order valence-electron chi connectivity index (χ3n) is 3.43. The zero-order valence-corrected chi connectivity index (χ0v) is 12.9. The summed E-state index contributed by atoms with van der Waals surface area (Å²) in [5, 5.41) is 12.0. The predicted molar refractivity (Wildman–Crippen MR) is 79.0 cm³/mol. The van der Waals surface area contributed by atoms with Crippen LogP contribution in [-0.4, -0.2) is 26.4 Å². The number of hydrogen-bond acceptors (Lipinski definition) is 5. The largest absolute Gasteiger partial charge is 0.467 e. The van der Waals surface area contributed by atoms with Crippen molar-refractivity contribution in [2.24, 2.45) is 0 Å². The number of carbonyl (C=O) groups is 1. The van der Waals surface area contributed by atoms with Crippen LogP contribution in [-0.2, 0) is 4.79 Å². The third-order valence-corrected chi connectivity index (χ3v) is 4.37. The Morgan fingerprint density at radius 3 is 3.05 bits per heavy atom. The second-order valence-electron chi connectivity index (χ2n) is 5.22. The van der Waals surface area contributed by atoms with Gasteiger partial charge in [-0.2, -0.15) is 0 Å². The number of hydrogen-bond donors (Lipinski definition) is 1. The lowest BCUT2D eigenvalue weighted by Gasteiger charge is -2.11. The van der Waals surface area contributed by atoms with Crippen LogP contribution >= 0.6 is 11.8 Å². The maximum Gasteiger partial charge on any atom is 0.231 e. The van der Waals surface area contributed by atoms with Crippen molar-refractivity contribution in [3.63, 3.8) is 0 Å². The van der Waals surface area contributed by atoms with Gasteiger partial charge in [0, 0.05) is 6.04 Å². The van der Waals surface area contributed by atoms with E-state index in [0.717, 1.165) is 16.7 Å². The van der Waals surface area contributed by atoms with Gasteiger partial charge in [0.25, 0.3) is 0 Å². The Kier molecular flexibility index (Phi) is 4.01. The first-order valence-electron chi connectivity index (χ1n) is 7.02. The van der Waals surface area contributed by atoms with Gasteiger partial charge in [-0.3, -0.25) is 4.79 Å². The van der Waals surface area contributed by atoms with Gasteiger partial charge in [0.2, 0.25) is 5.91 Å². The zero-order chi connectivity index (χ0) is 14.8. The Morgan fingerprint density at radius 2 is 2.38 bits per heavy atom. The molecule has 0 aromatic carbocycles. The highest BCUT2D eigenvalue weighted by Crippen LogP contribution is 2.38. The maximum absolute atomic E-state index is 12.0. The summed E-state index contributed by atoms with van der Waals surface area (Å²) in [5.74, 6) is 1.97. The Balaban J connectivity index is 1.54. The molecule has 0 aliphatic heterocycles. The second-order valence-corrected chi connectivity index (χ2v) is 6.17. The highest BCUT2D eigenvalue weighted by molar-refractivity contribution is 7.99. The summed E-state index contributed by atoms with van der Waals surface area (Å²) in [4.78, 5) is 12.0. The van der Waals surface area contributed by atoms with E-state index < -0.39 is 0 Å². The standard InChI is InChI=1S/C14H18N4O2S/c1-9(12-4-3-7-20-12)15-13(19)8-21-14-17-16-10(2)18(14)11-5-6-11/h3-4,7,9,11H,5-6,8H2,1-2H3,(H,15,19). The minimum atomic E-state index is -0.129. The van der Waals surface area contributed by atoms with Gasteiger partial charge in [-0.25, -0.2) is 0 Å². The first kappa shape index (κ1) is 14.2. The lowest BCUT2D eigenvalue weighted by Crippen LogP contribution is -2.28. The molecule has 0 bridgehead atoms. The predicted octanol–water partition coefficient (Wildman–Crippen LogP) is 2.48. The summed E-state index contributed by atoms with van der Waals surface area (Å²) in [5.41, 5.74) is 0. The molecule has 1 N–H and O–H groups in total. The monoisotopic (exact) mass is 306 g/mol. The fourth-order valence-electron chi connectivity index (χ4n) is 2.22. The van der Waals surface area contributed by atoms with Crippen LogP contribution in [0.3, 0.4) is 0 Å². The summed E-state index contributed by atoms with van der Waals surface area (Å²) < 4.78 is 7.41. The molecule has 2 aromatic heterocycles. The highest BCUT2D eigenvalue weighted by atomic mass is 32.2. The van der Waals surface area contributed by atoms with E-state index in [0.29, 0.717) is 11.8 Å². The van der Waals surface area contributed by atoms with Crippen LogP contribution in [0, 0.1) is 6.92 Å². The van der Waals surface area contributed by atoms with Crippen molar-refractivity contribution in [2.45, 2.75) is 43.9 Å². The Morgan fingerprint density at radius 1 is 1.57 bits per heavy atom. The molecule has 2 heterocycles. The van der Waals surface area contributed by atoms with E-state index in [4.69, 9.17) is 4.42 Å². The molecule has 1 fully saturated rings. The van der Waals surface area contributed by atoms with E-state index in [1.165, 1.54) is 24.6 Å². The van der Waals surface area contributed by atoms with Crippen molar-refractivity contribution in [3.05, 3.63) is 30.0 Å². The quantitative estimate of drug-likeness (QED) is 0.830. The van der Waals surface area contributed by atoms with E-state index in [-0.39, 0.29) is 11.9 Å². The van der Waals surface area contributed by atoms with Crippen LogP contribution in [0.15, 0.2) is 28.0 Å². The van der Waals surface area contributed by atoms with Gasteiger partial charge in [-0.05, 0) is 38.8 Å². The molecule has 1 unspecified atom stereocenters. The number of thioether (sulfide) groups is 1. The van der Waals surface area contributed by atoms with E-state index in [1.807, 2.05) is 26.0 Å². The van der Waals surface area contributed by atoms with E-state index in [9.17, 15) is 4.79 Å². The average molecular weight is 306 g/mol. The second kappa shape index (κ2) is 5.93. The summed E-state index contributed by atoms with van der Waals surface area (Å²) >= 11 is 1.43. The molecule has 0 spiro atoms. The number of carbonyl (C=O) groups excluding carboxylic acids is 1. The third kappa shape index (κ3) is 3.29. The topological polar surface area (TPSA) is 73.0 Å². The van der Waals surface area contributed by atoms with Crippen molar-refractivity contribution in [1.82, 2.24) is 20.1 Å². The van der Waals surface area contributed by atoms with Crippen LogP contribution < -0.4 is 5.32 Å². The molecule has 1 aliphatic rings. The molecule has 6 nitrogen and oxygen atoms in total. The minimum absolute atomic E-state index is 0.0353. The molecule has 21 heavy (non-hydrogen) atoms. The molecule has 1 atom stereocenters. The number of furan rings is 1. The molecule has 1 saturated carbocycles. The fraction of sp³-hybridized carbons (Fsp3) is 0.500. The van der Waals surface area contributed by atoms with Gasteiger partial charge >= 0.3 is 0 Å². The zero-order valence-electron chi connectivity index (χ0n) is 12.1.